The molecule has 0 saturated carbocycles. The Hall–Kier alpha value is -2.35. The molecule has 116 valence electrons. The molecule has 0 bridgehead atoms. The van der Waals surface area contributed by atoms with Crippen LogP contribution in [0.2, 0.25) is 0 Å². The minimum Gasteiger partial charge on any atom is -0.480 e. The zero-order valence-electron chi connectivity index (χ0n) is 11.0. The highest BCUT2D eigenvalue weighted by Crippen LogP contribution is 2.28. The second kappa shape index (κ2) is 7.08. The summed E-state index contributed by atoms with van der Waals surface area (Å²) in [7, 11) is 0. The van der Waals surface area contributed by atoms with Crippen LogP contribution in [-0.2, 0) is 4.79 Å². The minimum atomic E-state index is -4.47. The number of carbonyl (C=O) groups is 1. The molecular weight excluding hydrogens is 319 g/mol. The molecular formula is C14H10F3NO3S. The number of hydrogen-bond acceptors (Lipinski definition) is 5. The Labute approximate surface area is 127 Å². The number of benzene rings is 1. The number of carbonyl (C=O) groups excluding carboxylic acids is 1. The largest absolute Gasteiger partial charge is 0.480 e. The topological polar surface area (TPSA) is 48.4 Å². The Bertz CT molecular complexity index is 654. The number of nitrogens with zero attached hydrogens (tertiary/aromatic N) is 1. The summed E-state index contributed by atoms with van der Waals surface area (Å²) in [6.07, 6.45) is -1.89. The number of halogens is 3. The summed E-state index contributed by atoms with van der Waals surface area (Å²) in [6.45, 7) is -1.46. The molecule has 0 radical (unpaired) electrons. The van der Waals surface area contributed by atoms with Crippen molar-refractivity contribution in [2.24, 2.45) is 0 Å². The molecule has 1 heterocycles. The molecule has 0 aliphatic heterocycles. The molecule has 0 saturated heterocycles. The van der Waals surface area contributed by atoms with E-state index in [1.807, 2.05) is 0 Å². The highest BCUT2D eigenvalue weighted by atomic mass is 32.1. The summed E-state index contributed by atoms with van der Waals surface area (Å²) in [6, 6.07) is 5.64. The normalized spacial score (nSPS) is 11.6. The van der Waals surface area contributed by atoms with E-state index in [1.165, 1.54) is 41.7 Å². The van der Waals surface area contributed by atoms with Gasteiger partial charge in [0.05, 0.1) is 11.2 Å². The fraction of sp³-hybridized carbons (Fsp3) is 0.143. The average molecular weight is 329 g/mol. The second-order valence-electron chi connectivity index (χ2n) is 4.02. The summed E-state index contributed by atoms with van der Waals surface area (Å²) >= 11 is 1.37. The van der Waals surface area contributed by atoms with Gasteiger partial charge in [-0.15, -0.1) is 11.3 Å². The first kappa shape index (κ1) is 16.0. The smallest absolute Gasteiger partial charge is 0.422 e. The zero-order chi connectivity index (χ0) is 16.0. The number of esters is 1. The third kappa shape index (κ3) is 5.21. The summed E-state index contributed by atoms with van der Waals surface area (Å²) in [5.74, 6) is -0.981. The van der Waals surface area contributed by atoms with Crippen LogP contribution in [0.5, 0.6) is 11.5 Å². The SMILES string of the molecule is O=C(/C=C/c1cscn1)Oc1ccccc1OCC(F)(F)F. The van der Waals surface area contributed by atoms with E-state index in [1.54, 1.807) is 10.9 Å². The van der Waals surface area contributed by atoms with Crippen molar-refractivity contribution in [2.75, 3.05) is 6.61 Å². The maximum absolute atomic E-state index is 12.2. The average Bonchev–Trinajstić information content (AvgIpc) is 2.97. The lowest BCUT2D eigenvalue weighted by Crippen LogP contribution is -2.19. The van der Waals surface area contributed by atoms with Crippen LogP contribution in [0, 0.1) is 0 Å². The van der Waals surface area contributed by atoms with Crippen LogP contribution in [0.1, 0.15) is 5.69 Å². The van der Waals surface area contributed by atoms with E-state index in [0.29, 0.717) is 5.69 Å². The Kier molecular flexibility index (Phi) is 5.16. The van der Waals surface area contributed by atoms with Gasteiger partial charge in [0.2, 0.25) is 0 Å². The van der Waals surface area contributed by atoms with Crippen molar-refractivity contribution in [3.63, 3.8) is 0 Å². The van der Waals surface area contributed by atoms with E-state index >= 15 is 0 Å². The van der Waals surface area contributed by atoms with Gasteiger partial charge in [-0.3, -0.25) is 0 Å². The van der Waals surface area contributed by atoms with E-state index in [-0.39, 0.29) is 11.5 Å². The molecule has 2 rings (SSSR count). The number of ether oxygens (including phenoxy) is 2. The fourth-order valence-corrected chi connectivity index (χ4v) is 1.94. The van der Waals surface area contributed by atoms with Crippen molar-refractivity contribution >= 4 is 23.4 Å². The van der Waals surface area contributed by atoms with Crippen LogP contribution in [-0.4, -0.2) is 23.7 Å². The lowest BCUT2D eigenvalue weighted by atomic mass is 10.3. The quantitative estimate of drug-likeness (QED) is 0.477. The minimum absolute atomic E-state index is 0.0836. The van der Waals surface area contributed by atoms with Gasteiger partial charge in [0.25, 0.3) is 0 Å². The number of thiazole rings is 1. The van der Waals surface area contributed by atoms with Gasteiger partial charge in [0.1, 0.15) is 0 Å². The van der Waals surface area contributed by atoms with E-state index in [9.17, 15) is 18.0 Å². The molecule has 0 aliphatic carbocycles. The highest BCUT2D eigenvalue weighted by Gasteiger charge is 2.29. The second-order valence-corrected chi connectivity index (χ2v) is 4.74. The van der Waals surface area contributed by atoms with Gasteiger partial charge in [-0.1, -0.05) is 12.1 Å². The van der Waals surface area contributed by atoms with Gasteiger partial charge in [0, 0.05) is 11.5 Å². The first-order valence-electron chi connectivity index (χ1n) is 6.01. The molecule has 0 unspecified atom stereocenters. The molecule has 0 aliphatic rings. The molecule has 0 spiro atoms. The Morgan fingerprint density at radius 3 is 2.64 bits per heavy atom. The van der Waals surface area contributed by atoms with Gasteiger partial charge < -0.3 is 9.47 Å². The molecule has 8 heteroatoms. The molecule has 0 N–H and O–H groups in total. The summed E-state index contributed by atoms with van der Waals surface area (Å²) < 4.78 is 46.1. The van der Waals surface area contributed by atoms with Crippen molar-refractivity contribution in [3.8, 4) is 11.5 Å². The van der Waals surface area contributed by atoms with E-state index in [0.717, 1.165) is 6.08 Å². The molecule has 22 heavy (non-hydrogen) atoms. The molecule has 0 amide bonds. The molecule has 2 aromatic rings. The van der Waals surface area contributed by atoms with E-state index < -0.39 is 18.8 Å². The Morgan fingerprint density at radius 2 is 2.00 bits per heavy atom. The summed E-state index contributed by atoms with van der Waals surface area (Å²) in [5, 5.41) is 1.73. The van der Waals surface area contributed by atoms with Crippen molar-refractivity contribution < 1.29 is 27.4 Å². The van der Waals surface area contributed by atoms with E-state index in [2.05, 4.69) is 9.72 Å². The number of rotatable bonds is 5. The first-order chi connectivity index (χ1) is 10.4. The zero-order valence-corrected chi connectivity index (χ0v) is 11.9. The summed E-state index contributed by atoms with van der Waals surface area (Å²) in [5.41, 5.74) is 2.19. The molecule has 0 atom stereocenters. The number of aromatic nitrogens is 1. The predicted octanol–water partition coefficient (Wildman–Crippen LogP) is 3.70. The number of para-hydroxylation sites is 2. The number of alkyl halides is 3. The monoisotopic (exact) mass is 329 g/mol. The standard InChI is InChI=1S/C14H10F3NO3S/c15-14(16,17)8-20-11-3-1-2-4-12(11)21-13(19)6-5-10-7-22-9-18-10/h1-7,9H,8H2/b6-5+. The Balaban J connectivity index is 2.01. The van der Waals surface area contributed by atoms with Gasteiger partial charge in [0.15, 0.2) is 18.1 Å². The van der Waals surface area contributed by atoms with Crippen LogP contribution in [0.3, 0.4) is 0 Å². The summed E-state index contributed by atoms with van der Waals surface area (Å²) in [4.78, 5) is 15.6. The molecule has 0 fully saturated rings. The van der Waals surface area contributed by atoms with Crippen molar-refractivity contribution in [2.45, 2.75) is 6.18 Å². The molecule has 4 nitrogen and oxygen atoms in total. The van der Waals surface area contributed by atoms with Crippen LogP contribution < -0.4 is 9.47 Å². The maximum Gasteiger partial charge on any atom is 0.422 e. The van der Waals surface area contributed by atoms with Gasteiger partial charge in [-0.2, -0.15) is 13.2 Å². The van der Waals surface area contributed by atoms with Crippen LogP contribution in [0.25, 0.3) is 6.08 Å². The van der Waals surface area contributed by atoms with Gasteiger partial charge >= 0.3 is 12.1 Å². The molecule has 1 aromatic carbocycles. The van der Waals surface area contributed by atoms with Crippen LogP contribution in [0.15, 0.2) is 41.2 Å². The first-order valence-corrected chi connectivity index (χ1v) is 6.95. The van der Waals surface area contributed by atoms with Crippen molar-refractivity contribution in [3.05, 3.63) is 46.9 Å². The lowest BCUT2D eigenvalue weighted by molar-refractivity contribution is -0.153. The van der Waals surface area contributed by atoms with Gasteiger partial charge in [-0.05, 0) is 18.2 Å². The highest BCUT2D eigenvalue weighted by molar-refractivity contribution is 7.07. The van der Waals surface area contributed by atoms with Crippen LogP contribution >= 0.6 is 11.3 Å². The predicted molar refractivity (Wildman–Crippen MR) is 74.8 cm³/mol. The Morgan fingerprint density at radius 1 is 1.27 bits per heavy atom. The number of hydrogen-bond donors (Lipinski definition) is 0. The third-order valence-corrected chi connectivity index (χ3v) is 2.90. The van der Waals surface area contributed by atoms with Crippen molar-refractivity contribution in [1.29, 1.82) is 0 Å². The lowest BCUT2D eigenvalue weighted by Gasteiger charge is -2.12. The fourth-order valence-electron chi connectivity index (χ4n) is 1.41. The van der Waals surface area contributed by atoms with Gasteiger partial charge in [-0.25, -0.2) is 9.78 Å². The van der Waals surface area contributed by atoms with Crippen molar-refractivity contribution in [1.82, 2.24) is 4.98 Å². The van der Waals surface area contributed by atoms with Crippen LogP contribution in [0.4, 0.5) is 13.2 Å². The molecule has 1 aromatic heterocycles. The maximum atomic E-state index is 12.2. The third-order valence-electron chi connectivity index (χ3n) is 2.29. The van der Waals surface area contributed by atoms with E-state index in [4.69, 9.17) is 4.74 Å².